The number of nitrogens with zero attached hydrogens (tertiary/aromatic N) is 1. The van der Waals surface area contributed by atoms with Crippen LogP contribution < -0.4 is 10.2 Å². The van der Waals surface area contributed by atoms with Crippen molar-refractivity contribution in [1.82, 2.24) is 5.32 Å². The number of likely N-dealkylation sites (N-methyl/N-ethyl adjacent to an activating group) is 1. The van der Waals surface area contributed by atoms with Gasteiger partial charge in [0.2, 0.25) is 0 Å². The summed E-state index contributed by atoms with van der Waals surface area (Å²) in [4.78, 5) is 28.7. The van der Waals surface area contributed by atoms with Gasteiger partial charge in [-0.05, 0) is 48.7 Å². The molecule has 1 aliphatic carbocycles. The maximum Gasteiger partial charge on any atom is 0.264 e. The van der Waals surface area contributed by atoms with Gasteiger partial charge in [0, 0.05) is 28.6 Å². The van der Waals surface area contributed by atoms with Gasteiger partial charge in [0.25, 0.3) is 11.8 Å². The summed E-state index contributed by atoms with van der Waals surface area (Å²) in [5.41, 5.74) is 2.16. The van der Waals surface area contributed by atoms with Crippen LogP contribution in [0.3, 0.4) is 0 Å². The summed E-state index contributed by atoms with van der Waals surface area (Å²) in [5.74, 6) is -0.171. The second-order valence-corrected chi connectivity index (χ2v) is 8.98. The van der Waals surface area contributed by atoms with Gasteiger partial charge >= 0.3 is 0 Å². The third-order valence-electron chi connectivity index (χ3n) is 5.45. The van der Waals surface area contributed by atoms with E-state index in [0.29, 0.717) is 15.5 Å². The van der Waals surface area contributed by atoms with E-state index in [1.165, 1.54) is 31.0 Å². The van der Waals surface area contributed by atoms with Crippen molar-refractivity contribution in [3.8, 4) is 0 Å². The molecule has 150 valence electrons. The van der Waals surface area contributed by atoms with Gasteiger partial charge in [-0.1, -0.05) is 60.8 Å². The molecule has 1 heterocycles. The van der Waals surface area contributed by atoms with Crippen molar-refractivity contribution >= 4 is 46.9 Å². The number of anilines is 1. The zero-order chi connectivity index (χ0) is 20.4. The molecule has 1 N–H and O–H groups in total. The van der Waals surface area contributed by atoms with E-state index in [-0.39, 0.29) is 17.9 Å². The van der Waals surface area contributed by atoms with Crippen molar-refractivity contribution < 1.29 is 9.59 Å². The summed E-state index contributed by atoms with van der Waals surface area (Å²) in [5, 5.41) is 3.75. The Morgan fingerprint density at radius 1 is 1.17 bits per heavy atom. The number of amides is 2. The smallest absolute Gasteiger partial charge is 0.264 e. The first-order chi connectivity index (χ1) is 14.0. The van der Waals surface area contributed by atoms with E-state index in [9.17, 15) is 9.59 Å². The number of carbonyl (C=O) groups is 2. The number of hydrogen-bond acceptors (Lipinski definition) is 3. The Kier molecular flexibility index (Phi) is 5.97. The van der Waals surface area contributed by atoms with Crippen LogP contribution in [0.15, 0.2) is 52.3 Å². The molecule has 0 spiro atoms. The van der Waals surface area contributed by atoms with Crippen LogP contribution in [0.25, 0.3) is 6.08 Å². The molecule has 2 aliphatic rings. The molecule has 6 heteroatoms. The predicted molar refractivity (Wildman–Crippen MR) is 119 cm³/mol. The van der Waals surface area contributed by atoms with Gasteiger partial charge in [0.1, 0.15) is 0 Å². The molecule has 0 bridgehead atoms. The van der Waals surface area contributed by atoms with Crippen molar-refractivity contribution in [2.45, 2.75) is 43.0 Å². The summed E-state index contributed by atoms with van der Waals surface area (Å²) < 4.78 is 0. The maximum atomic E-state index is 12.9. The molecular formula is C23H23ClN2O2S. The molecule has 29 heavy (non-hydrogen) atoms. The highest BCUT2D eigenvalue weighted by atomic mass is 35.5. The van der Waals surface area contributed by atoms with Crippen molar-refractivity contribution in [1.29, 1.82) is 0 Å². The Morgan fingerprint density at radius 2 is 1.93 bits per heavy atom. The van der Waals surface area contributed by atoms with Crippen molar-refractivity contribution in [3.63, 3.8) is 0 Å². The van der Waals surface area contributed by atoms with Crippen LogP contribution in [0.2, 0.25) is 5.02 Å². The molecule has 4 rings (SSSR count). The van der Waals surface area contributed by atoms with E-state index in [2.05, 4.69) is 5.32 Å². The predicted octanol–water partition coefficient (Wildman–Crippen LogP) is 5.51. The van der Waals surface area contributed by atoms with Crippen LogP contribution in [0.5, 0.6) is 0 Å². The minimum Gasteiger partial charge on any atom is -0.349 e. The van der Waals surface area contributed by atoms with Gasteiger partial charge in [-0.2, -0.15) is 0 Å². The van der Waals surface area contributed by atoms with E-state index >= 15 is 0 Å². The zero-order valence-electron chi connectivity index (χ0n) is 16.3. The Labute approximate surface area is 180 Å². The second kappa shape index (κ2) is 8.64. The number of halogens is 1. The monoisotopic (exact) mass is 426 g/mol. The molecule has 0 unspecified atom stereocenters. The van der Waals surface area contributed by atoms with Crippen molar-refractivity contribution in [2.75, 3.05) is 11.9 Å². The van der Waals surface area contributed by atoms with Crippen LogP contribution in [-0.4, -0.2) is 24.9 Å². The molecule has 1 saturated carbocycles. The van der Waals surface area contributed by atoms with E-state index in [4.69, 9.17) is 11.6 Å². The highest BCUT2D eigenvalue weighted by Crippen LogP contribution is 2.42. The van der Waals surface area contributed by atoms with E-state index < -0.39 is 0 Å². The first-order valence-electron chi connectivity index (χ1n) is 9.90. The summed E-state index contributed by atoms with van der Waals surface area (Å²) in [6.45, 7) is 0. The fourth-order valence-corrected chi connectivity index (χ4v) is 5.06. The number of fused-ring (bicyclic) bond motifs is 1. The number of carbonyl (C=O) groups excluding carboxylic acids is 2. The van der Waals surface area contributed by atoms with E-state index in [1.54, 1.807) is 18.0 Å². The molecule has 0 atom stereocenters. The Morgan fingerprint density at radius 3 is 2.69 bits per heavy atom. The third-order valence-corrected chi connectivity index (χ3v) is 6.87. The number of benzene rings is 2. The standard InChI is InChI=1S/C23H23ClN2O2S/c1-26-19-13-16(22(27)25-17-8-3-2-4-9-17)11-12-20(19)29-21(23(26)28)14-15-7-5-6-10-18(15)24/h5-7,10-14,17H,2-4,8-9H2,1H3,(H,25,27)/b21-14-. The third kappa shape index (κ3) is 4.36. The van der Waals surface area contributed by atoms with Gasteiger partial charge in [0.05, 0.1) is 10.6 Å². The summed E-state index contributed by atoms with van der Waals surface area (Å²) in [6.07, 6.45) is 7.49. The summed E-state index contributed by atoms with van der Waals surface area (Å²) in [7, 11) is 1.74. The largest absolute Gasteiger partial charge is 0.349 e. The molecule has 0 aromatic heterocycles. The number of rotatable bonds is 3. The average molecular weight is 427 g/mol. The zero-order valence-corrected chi connectivity index (χ0v) is 17.9. The molecule has 2 aromatic carbocycles. The molecule has 0 saturated heterocycles. The first kappa shape index (κ1) is 20.0. The van der Waals surface area contributed by atoms with Crippen LogP contribution >= 0.6 is 23.4 Å². The maximum absolute atomic E-state index is 12.9. The number of nitrogens with one attached hydrogen (secondary N) is 1. The Bertz CT molecular complexity index is 983. The lowest BCUT2D eigenvalue weighted by molar-refractivity contribution is -0.114. The highest BCUT2D eigenvalue weighted by Gasteiger charge is 2.28. The van der Waals surface area contributed by atoms with E-state index in [0.717, 1.165) is 29.0 Å². The minimum atomic E-state index is -0.104. The summed E-state index contributed by atoms with van der Waals surface area (Å²) in [6, 6.07) is 13.3. The SMILES string of the molecule is CN1C(=O)/C(=C/c2ccccc2Cl)Sc2ccc(C(=O)NC3CCCCC3)cc21. The molecule has 1 fully saturated rings. The lowest BCUT2D eigenvalue weighted by Crippen LogP contribution is -2.36. The molecule has 2 amide bonds. The van der Waals surface area contributed by atoms with Gasteiger partial charge in [-0.3, -0.25) is 9.59 Å². The topological polar surface area (TPSA) is 49.4 Å². The minimum absolute atomic E-state index is 0.0667. The fourth-order valence-electron chi connectivity index (χ4n) is 3.78. The second-order valence-electron chi connectivity index (χ2n) is 7.49. The van der Waals surface area contributed by atoms with Crippen LogP contribution in [-0.2, 0) is 4.79 Å². The molecule has 2 aromatic rings. The lowest BCUT2D eigenvalue weighted by Gasteiger charge is -2.28. The van der Waals surface area contributed by atoms with Gasteiger partial charge in [-0.15, -0.1) is 0 Å². The lowest BCUT2D eigenvalue weighted by atomic mass is 9.95. The van der Waals surface area contributed by atoms with Crippen molar-refractivity contribution in [2.24, 2.45) is 0 Å². The van der Waals surface area contributed by atoms with Crippen molar-refractivity contribution in [3.05, 3.63) is 63.5 Å². The average Bonchev–Trinajstić information content (AvgIpc) is 2.74. The molecule has 4 nitrogen and oxygen atoms in total. The van der Waals surface area contributed by atoms with Crippen LogP contribution in [0, 0.1) is 0 Å². The molecular weight excluding hydrogens is 404 g/mol. The normalized spacial score (nSPS) is 18.6. The quantitative estimate of drug-likeness (QED) is 0.658. The summed E-state index contributed by atoms with van der Waals surface area (Å²) >= 11 is 7.65. The Hall–Kier alpha value is -2.24. The van der Waals surface area contributed by atoms with Crippen LogP contribution in [0.4, 0.5) is 5.69 Å². The van der Waals surface area contributed by atoms with Gasteiger partial charge in [0.15, 0.2) is 0 Å². The fraction of sp³-hybridized carbons (Fsp3) is 0.304. The highest BCUT2D eigenvalue weighted by molar-refractivity contribution is 8.04. The van der Waals surface area contributed by atoms with Gasteiger partial charge < -0.3 is 10.2 Å². The van der Waals surface area contributed by atoms with E-state index in [1.807, 2.05) is 42.5 Å². The molecule has 0 radical (unpaired) electrons. The Balaban J connectivity index is 1.57. The molecule has 1 aliphatic heterocycles. The number of hydrogen-bond donors (Lipinski definition) is 1. The van der Waals surface area contributed by atoms with Gasteiger partial charge in [-0.25, -0.2) is 0 Å². The van der Waals surface area contributed by atoms with Crippen LogP contribution in [0.1, 0.15) is 48.0 Å². The first-order valence-corrected chi connectivity index (χ1v) is 11.1. The number of thioether (sulfide) groups is 1.